The summed E-state index contributed by atoms with van der Waals surface area (Å²) in [5.41, 5.74) is 2.00. The molecule has 146 valence electrons. The van der Waals surface area contributed by atoms with Gasteiger partial charge in [-0.1, -0.05) is 23.4 Å². The lowest BCUT2D eigenvalue weighted by atomic mass is 10.2. The first-order valence-corrected chi connectivity index (χ1v) is 10.2. The Morgan fingerprint density at radius 3 is 2.82 bits per heavy atom. The lowest BCUT2D eigenvalue weighted by Crippen LogP contribution is -2.15. The Labute approximate surface area is 172 Å². The fourth-order valence-corrected chi connectivity index (χ4v) is 4.07. The number of halogens is 1. The molecule has 0 atom stereocenters. The van der Waals surface area contributed by atoms with Crippen LogP contribution in [-0.4, -0.2) is 46.7 Å². The van der Waals surface area contributed by atoms with Crippen LogP contribution in [-0.2, 0) is 17.0 Å². The molecule has 0 saturated heterocycles. The zero-order chi connectivity index (χ0) is 19.3. The van der Waals surface area contributed by atoms with E-state index in [1.165, 1.54) is 0 Å². The lowest BCUT2D eigenvalue weighted by Gasteiger charge is -2.20. The molecule has 0 spiro atoms. The number of thioether (sulfide) groups is 1. The lowest BCUT2D eigenvalue weighted by molar-refractivity contribution is 0.171. The fourth-order valence-electron chi connectivity index (χ4n) is 2.89. The number of nitrogens with zero attached hydrogens (tertiary/aromatic N) is 4. The maximum Gasteiger partial charge on any atom is 0.191 e. The molecule has 0 radical (unpaired) electrons. The summed E-state index contributed by atoms with van der Waals surface area (Å²) in [6.45, 7) is 2.27. The maximum atomic E-state index is 6.34. The summed E-state index contributed by atoms with van der Waals surface area (Å²) < 4.78 is 18.6. The number of benzene rings is 1. The van der Waals surface area contributed by atoms with Crippen molar-refractivity contribution >= 4 is 23.4 Å². The first kappa shape index (κ1) is 19.0. The standard InChI is InChI=1S/C19H19ClN4O3S/c1-25-7-6-24-18(14-2-4-21-5-3-14)22-23-19(24)28-12-13-10-15(20)17-16(11-13)26-8-9-27-17/h2-5,10-11H,6-9,12H2,1H3. The van der Waals surface area contributed by atoms with Gasteiger partial charge in [0.25, 0.3) is 0 Å². The highest BCUT2D eigenvalue weighted by Gasteiger charge is 2.18. The summed E-state index contributed by atoms with van der Waals surface area (Å²) in [5.74, 6) is 2.78. The molecule has 7 nitrogen and oxygen atoms in total. The molecule has 0 bridgehead atoms. The van der Waals surface area contributed by atoms with Crippen molar-refractivity contribution in [1.82, 2.24) is 19.7 Å². The van der Waals surface area contributed by atoms with Crippen molar-refractivity contribution in [3.63, 3.8) is 0 Å². The van der Waals surface area contributed by atoms with Gasteiger partial charge in [0.1, 0.15) is 13.2 Å². The summed E-state index contributed by atoms with van der Waals surface area (Å²) in [6.07, 6.45) is 3.49. The molecule has 3 heterocycles. The molecular weight excluding hydrogens is 400 g/mol. The van der Waals surface area contributed by atoms with E-state index in [4.69, 9.17) is 25.8 Å². The zero-order valence-corrected chi connectivity index (χ0v) is 16.9. The van der Waals surface area contributed by atoms with Gasteiger partial charge in [0.05, 0.1) is 18.2 Å². The Morgan fingerprint density at radius 1 is 1.18 bits per heavy atom. The maximum absolute atomic E-state index is 6.34. The highest BCUT2D eigenvalue weighted by atomic mass is 35.5. The van der Waals surface area contributed by atoms with Gasteiger partial charge in [0, 0.05) is 30.8 Å². The van der Waals surface area contributed by atoms with Crippen LogP contribution < -0.4 is 9.47 Å². The minimum Gasteiger partial charge on any atom is -0.486 e. The number of hydrogen-bond acceptors (Lipinski definition) is 7. The molecule has 0 aliphatic carbocycles. The molecule has 4 rings (SSSR count). The molecule has 2 aromatic heterocycles. The predicted octanol–water partition coefficient (Wildman–Crippen LogP) is 3.70. The van der Waals surface area contributed by atoms with Crippen molar-refractivity contribution in [3.05, 3.63) is 47.2 Å². The largest absolute Gasteiger partial charge is 0.486 e. The van der Waals surface area contributed by atoms with E-state index in [1.807, 2.05) is 24.3 Å². The van der Waals surface area contributed by atoms with Gasteiger partial charge < -0.3 is 14.2 Å². The monoisotopic (exact) mass is 418 g/mol. The van der Waals surface area contributed by atoms with Crippen LogP contribution in [0.25, 0.3) is 11.4 Å². The molecular formula is C19H19ClN4O3S. The number of fused-ring (bicyclic) bond motifs is 1. The van der Waals surface area contributed by atoms with Gasteiger partial charge >= 0.3 is 0 Å². The van der Waals surface area contributed by atoms with Crippen molar-refractivity contribution in [2.75, 3.05) is 26.9 Å². The van der Waals surface area contributed by atoms with E-state index in [-0.39, 0.29) is 0 Å². The van der Waals surface area contributed by atoms with Crippen LogP contribution in [0.1, 0.15) is 5.56 Å². The van der Waals surface area contributed by atoms with Crippen molar-refractivity contribution in [1.29, 1.82) is 0 Å². The number of hydrogen-bond donors (Lipinski definition) is 0. The van der Waals surface area contributed by atoms with Gasteiger partial charge in [-0.25, -0.2) is 0 Å². The van der Waals surface area contributed by atoms with Crippen molar-refractivity contribution in [2.45, 2.75) is 17.5 Å². The molecule has 0 N–H and O–H groups in total. The second kappa shape index (κ2) is 8.81. The number of methoxy groups -OCH3 is 1. The summed E-state index contributed by atoms with van der Waals surface area (Å²) in [7, 11) is 1.68. The zero-order valence-electron chi connectivity index (χ0n) is 15.3. The molecule has 0 saturated carbocycles. The summed E-state index contributed by atoms with van der Waals surface area (Å²) >= 11 is 7.93. The van der Waals surface area contributed by atoms with E-state index in [2.05, 4.69) is 19.7 Å². The molecule has 1 aliphatic heterocycles. The minimum absolute atomic E-state index is 0.515. The normalized spacial score (nSPS) is 12.9. The van der Waals surface area contributed by atoms with E-state index in [9.17, 15) is 0 Å². The first-order valence-electron chi connectivity index (χ1n) is 8.79. The number of aromatic nitrogens is 4. The Morgan fingerprint density at radius 2 is 2.00 bits per heavy atom. The number of pyridine rings is 1. The smallest absolute Gasteiger partial charge is 0.191 e. The van der Waals surface area contributed by atoms with Crippen LogP contribution >= 0.6 is 23.4 Å². The Balaban J connectivity index is 1.56. The molecule has 28 heavy (non-hydrogen) atoms. The van der Waals surface area contributed by atoms with Crippen molar-refractivity contribution in [3.8, 4) is 22.9 Å². The third-order valence-electron chi connectivity index (χ3n) is 4.20. The topological polar surface area (TPSA) is 71.3 Å². The van der Waals surface area contributed by atoms with Gasteiger partial charge in [0.2, 0.25) is 0 Å². The molecule has 1 aromatic carbocycles. The molecule has 9 heteroatoms. The molecule has 1 aliphatic rings. The van der Waals surface area contributed by atoms with Crippen LogP contribution in [0.4, 0.5) is 0 Å². The van der Waals surface area contributed by atoms with Gasteiger partial charge in [-0.3, -0.25) is 9.55 Å². The highest BCUT2D eigenvalue weighted by molar-refractivity contribution is 7.98. The van der Waals surface area contributed by atoms with E-state index in [0.29, 0.717) is 48.6 Å². The SMILES string of the molecule is COCCn1c(SCc2cc(Cl)c3c(c2)OCCO3)nnc1-c1ccncc1. The van der Waals surface area contributed by atoms with Crippen LogP contribution in [0.3, 0.4) is 0 Å². The average molecular weight is 419 g/mol. The Kier molecular flexibility index (Phi) is 5.99. The van der Waals surface area contributed by atoms with Crippen molar-refractivity contribution in [2.24, 2.45) is 0 Å². The summed E-state index contributed by atoms with van der Waals surface area (Å²) in [4.78, 5) is 4.07. The second-order valence-corrected chi connectivity index (χ2v) is 7.43. The molecule has 3 aromatic rings. The van der Waals surface area contributed by atoms with Gasteiger partial charge in [-0.2, -0.15) is 0 Å². The summed E-state index contributed by atoms with van der Waals surface area (Å²) in [5, 5.41) is 10.1. The fraction of sp³-hybridized carbons (Fsp3) is 0.316. The van der Waals surface area contributed by atoms with Crippen molar-refractivity contribution < 1.29 is 14.2 Å². The second-order valence-electron chi connectivity index (χ2n) is 6.08. The predicted molar refractivity (Wildman–Crippen MR) is 107 cm³/mol. The third-order valence-corrected chi connectivity index (χ3v) is 5.52. The van der Waals surface area contributed by atoms with Gasteiger partial charge in [-0.05, 0) is 29.8 Å². The quantitative estimate of drug-likeness (QED) is 0.541. The first-order chi connectivity index (χ1) is 13.8. The third kappa shape index (κ3) is 4.09. The Bertz CT molecular complexity index is 952. The highest BCUT2D eigenvalue weighted by Crippen LogP contribution is 2.39. The summed E-state index contributed by atoms with van der Waals surface area (Å²) in [6, 6.07) is 7.71. The minimum atomic E-state index is 0.515. The molecule has 0 fully saturated rings. The van der Waals surface area contributed by atoms with Crippen LogP contribution in [0.2, 0.25) is 5.02 Å². The average Bonchev–Trinajstić information content (AvgIpc) is 3.14. The van der Waals surface area contributed by atoms with Gasteiger partial charge in [-0.15, -0.1) is 10.2 Å². The van der Waals surface area contributed by atoms with Crippen LogP contribution in [0.15, 0.2) is 41.8 Å². The Hall–Kier alpha value is -2.29. The van der Waals surface area contributed by atoms with Gasteiger partial charge in [0.15, 0.2) is 22.5 Å². The van der Waals surface area contributed by atoms with E-state index < -0.39 is 0 Å². The number of rotatable bonds is 7. The van der Waals surface area contributed by atoms with E-state index >= 15 is 0 Å². The van der Waals surface area contributed by atoms with Crippen LogP contribution in [0, 0.1) is 0 Å². The number of ether oxygens (including phenoxy) is 3. The van der Waals surface area contributed by atoms with Crippen LogP contribution in [0.5, 0.6) is 11.5 Å². The van der Waals surface area contributed by atoms with E-state index in [1.54, 1.807) is 31.3 Å². The molecule has 0 amide bonds. The van der Waals surface area contributed by atoms with E-state index in [0.717, 1.165) is 22.1 Å². The molecule has 0 unspecified atom stereocenters.